The lowest BCUT2D eigenvalue weighted by Gasteiger charge is -2.14. The molecule has 0 saturated heterocycles. The van der Waals surface area contributed by atoms with Crippen LogP contribution in [0, 0.1) is 16.7 Å². The largest absolute Gasteiger partial charge is 0.478 e. The quantitative estimate of drug-likeness (QED) is 0.726. The van der Waals surface area contributed by atoms with E-state index in [9.17, 15) is 0 Å². The van der Waals surface area contributed by atoms with Gasteiger partial charge in [0.25, 0.3) is 0 Å². The number of aromatic nitrogens is 1. The van der Waals surface area contributed by atoms with Crippen LogP contribution in [0.4, 0.5) is 5.69 Å². The SMILES string of the molecule is CCOc1ccc(NCCCCC(C)(C)C#N)cn1. The first kappa shape index (κ1) is 15.3. The molecule has 0 saturated carbocycles. The van der Waals surface area contributed by atoms with E-state index < -0.39 is 0 Å². The molecule has 4 heteroatoms. The van der Waals surface area contributed by atoms with Gasteiger partial charge in [0.15, 0.2) is 0 Å². The molecule has 1 aromatic heterocycles. The molecule has 1 heterocycles. The molecule has 4 nitrogen and oxygen atoms in total. The molecular weight excluding hydrogens is 238 g/mol. The lowest BCUT2D eigenvalue weighted by molar-refractivity contribution is 0.327. The number of nitrogens with zero attached hydrogens (tertiary/aromatic N) is 2. The average molecular weight is 261 g/mol. The van der Waals surface area contributed by atoms with Gasteiger partial charge in [-0.2, -0.15) is 5.26 Å². The van der Waals surface area contributed by atoms with Crippen molar-refractivity contribution in [1.29, 1.82) is 5.26 Å². The summed E-state index contributed by atoms with van der Waals surface area (Å²) in [6.45, 7) is 7.44. The molecule has 0 fully saturated rings. The van der Waals surface area contributed by atoms with Gasteiger partial charge in [0, 0.05) is 12.6 Å². The third kappa shape index (κ3) is 6.10. The molecule has 1 rings (SSSR count). The number of pyridine rings is 1. The van der Waals surface area contributed by atoms with Crippen LogP contribution in [0.25, 0.3) is 0 Å². The standard InChI is InChI=1S/C15H23N3O/c1-4-19-14-8-7-13(11-18-14)17-10-6-5-9-15(2,3)12-16/h7-8,11,17H,4-6,9-10H2,1-3H3. The van der Waals surface area contributed by atoms with E-state index in [1.807, 2.05) is 32.9 Å². The Hall–Kier alpha value is -1.76. The summed E-state index contributed by atoms with van der Waals surface area (Å²) in [6, 6.07) is 6.16. The van der Waals surface area contributed by atoms with E-state index >= 15 is 0 Å². The maximum atomic E-state index is 8.91. The number of rotatable bonds is 8. The normalized spacial score (nSPS) is 10.8. The zero-order valence-electron chi connectivity index (χ0n) is 12.1. The predicted octanol–water partition coefficient (Wildman–Crippen LogP) is 3.61. The summed E-state index contributed by atoms with van der Waals surface area (Å²) in [5.41, 5.74) is 0.795. The van der Waals surface area contributed by atoms with Crippen molar-refractivity contribution >= 4 is 5.69 Å². The van der Waals surface area contributed by atoms with Crippen molar-refractivity contribution in [3.63, 3.8) is 0 Å². The number of nitrogens with one attached hydrogen (secondary N) is 1. The highest BCUT2D eigenvalue weighted by molar-refractivity contribution is 5.41. The van der Waals surface area contributed by atoms with Gasteiger partial charge in [-0.25, -0.2) is 4.98 Å². The number of nitriles is 1. The first-order valence-corrected chi connectivity index (χ1v) is 6.81. The Kier molecular flexibility index (Phi) is 6.14. The third-order valence-electron chi connectivity index (χ3n) is 2.89. The zero-order chi connectivity index (χ0) is 14.1. The molecule has 0 bridgehead atoms. The summed E-state index contributed by atoms with van der Waals surface area (Å²) in [6.07, 6.45) is 4.83. The maximum Gasteiger partial charge on any atom is 0.213 e. The highest BCUT2D eigenvalue weighted by atomic mass is 16.5. The molecule has 0 spiro atoms. The monoisotopic (exact) mass is 261 g/mol. The van der Waals surface area contributed by atoms with Crippen LogP contribution < -0.4 is 10.1 Å². The van der Waals surface area contributed by atoms with Gasteiger partial charge in [-0.1, -0.05) is 6.42 Å². The highest BCUT2D eigenvalue weighted by Gasteiger charge is 2.15. The predicted molar refractivity (Wildman–Crippen MR) is 77.1 cm³/mol. The summed E-state index contributed by atoms with van der Waals surface area (Å²) in [7, 11) is 0. The second kappa shape index (κ2) is 7.63. The Labute approximate surface area is 115 Å². The van der Waals surface area contributed by atoms with Crippen molar-refractivity contribution < 1.29 is 4.74 Å². The van der Waals surface area contributed by atoms with Gasteiger partial charge < -0.3 is 10.1 Å². The Morgan fingerprint density at radius 1 is 1.37 bits per heavy atom. The van der Waals surface area contributed by atoms with Crippen molar-refractivity contribution in [1.82, 2.24) is 4.98 Å². The van der Waals surface area contributed by atoms with Crippen molar-refractivity contribution in [3.8, 4) is 11.9 Å². The Morgan fingerprint density at radius 2 is 2.16 bits per heavy atom. The molecule has 0 aliphatic carbocycles. The lowest BCUT2D eigenvalue weighted by Crippen LogP contribution is -2.09. The van der Waals surface area contributed by atoms with Gasteiger partial charge in [0.05, 0.1) is 30.0 Å². The minimum atomic E-state index is -0.208. The molecule has 0 unspecified atom stereocenters. The van der Waals surface area contributed by atoms with E-state index in [-0.39, 0.29) is 5.41 Å². The number of unbranched alkanes of at least 4 members (excludes halogenated alkanes) is 1. The van der Waals surface area contributed by atoms with E-state index in [2.05, 4.69) is 16.4 Å². The van der Waals surface area contributed by atoms with Crippen LogP contribution in [-0.4, -0.2) is 18.1 Å². The molecule has 0 aromatic carbocycles. The van der Waals surface area contributed by atoms with Crippen molar-refractivity contribution in [3.05, 3.63) is 18.3 Å². The number of anilines is 1. The smallest absolute Gasteiger partial charge is 0.213 e. The first-order valence-electron chi connectivity index (χ1n) is 6.81. The summed E-state index contributed by atoms with van der Waals surface area (Å²) in [5.74, 6) is 0.656. The fraction of sp³-hybridized carbons (Fsp3) is 0.600. The van der Waals surface area contributed by atoms with Crippen LogP contribution in [-0.2, 0) is 0 Å². The van der Waals surface area contributed by atoms with Crippen molar-refractivity contribution in [2.45, 2.75) is 40.0 Å². The van der Waals surface area contributed by atoms with E-state index in [4.69, 9.17) is 10.00 Å². The average Bonchev–Trinajstić information content (AvgIpc) is 2.40. The van der Waals surface area contributed by atoms with Crippen LogP contribution in [0.3, 0.4) is 0 Å². The molecule has 0 atom stereocenters. The second-order valence-electron chi connectivity index (χ2n) is 5.20. The third-order valence-corrected chi connectivity index (χ3v) is 2.89. The Balaban J connectivity index is 2.21. The van der Waals surface area contributed by atoms with Crippen LogP contribution in [0.2, 0.25) is 0 Å². The van der Waals surface area contributed by atoms with Crippen LogP contribution in [0.15, 0.2) is 18.3 Å². The zero-order valence-corrected chi connectivity index (χ0v) is 12.1. The fourth-order valence-electron chi connectivity index (χ4n) is 1.70. The summed E-state index contributed by atoms with van der Waals surface area (Å²) in [4.78, 5) is 4.19. The van der Waals surface area contributed by atoms with Crippen molar-refractivity contribution in [2.75, 3.05) is 18.5 Å². The maximum absolute atomic E-state index is 8.91. The molecule has 1 aromatic rings. The summed E-state index contributed by atoms with van der Waals surface area (Å²) < 4.78 is 5.28. The van der Waals surface area contributed by atoms with E-state index in [0.717, 1.165) is 31.5 Å². The topological polar surface area (TPSA) is 57.9 Å². The van der Waals surface area contributed by atoms with Crippen LogP contribution >= 0.6 is 0 Å². The van der Waals surface area contributed by atoms with Gasteiger partial charge in [0.2, 0.25) is 5.88 Å². The van der Waals surface area contributed by atoms with Gasteiger partial charge in [-0.3, -0.25) is 0 Å². The Morgan fingerprint density at radius 3 is 2.74 bits per heavy atom. The number of hydrogen-bond acceptors (Lipinski definition) is 4. The van der Waals surface area contributed by atoms with Gasteiger partial charge >= 0.3 is 0 Å². The lowest BCUT2D eigenvalue weighted by atomic mass is 9.89. The second-order valence-corrected chi connectivity index (χ2v) is 5.20. The fourth-order valence-corrected chi connectivity index (χ4v) is 1.70. The van der Waals surface area contributed by atoms with Crippen molar-refractivity contribution in [2.24, 2.45) is 5.41 Å². The molecule has 19 heavy (non-hydrogen) atoms. The number of ether oxygens (including phenoxy) is 1. The van der Waals surface area contributed by atoms with E-state index in [0.29, 0.717) is 12.5 Å². The molecule has 0 radical (unpaired) electrons. The van der Waals surface area contributed by atoms with E-state index in [1.54, 1.807) is 6.20 Å². The molecular formula is C15H23N3O. The summed E-state index contributed by atoms with van der Waals surface area (Å²) >= 11 is 0. The van der Waals surface area contributed by atoms with Gasteiger partial charge in [-0.05, 0) is 39.7 Å². The molecule has 104 valence electrons. The number of hydrogen-bond donors (Lipinski definition) is 1. The van der Waals surface area contributed by atoms with Gasteiger partial charge in [-0.15, -0.1) is 0 Å². The Bertz CT molecular complexity index is 406. The van der Waals surface area contributed by atoms with E-state index in [1.165, 1.54) is 0 Å². The molecule has 0 aliphatic rings. The van der Waals surface area contributed by atoms with Crippen LogP contribution in [0.5, 0.6) is 5.88 Å². The molecule has 0 amide bonds. The summed E-state index contributed by atoms with van der Waals surface area (Å²) in [5, 5.41) is 12.2. The van der Waals surface area contributed by atoms with Gasteiger partial charge in [0.1, 0.15) is 0 Å². The minimum absolute atomic E-state index is 0.208. The molecule has 0 aliphatic heterocycles. The molecule has 1 N–H and O–H groups in total. The highest BCUT2D eigenvalue weighted by Crippen LogP contribution is 2.21. The van der Waals surface area contributed by atoms with Crippen LogP contribution in [0.1, 0.15) is 40.0 Å². The first-order chi connectivity index (χ1) is 9.07. The minimum Gasteiger partial charge on any atom is -0.478 e.